The average Bonchev–Trinajstić information content (AvgIpc) is 2.26. The summed E-state index contributed by atoms with van der Waals surface area (Å²) >= 11 is 0. The summed E-state index contributed by atoms with van der Waals surface area (Å²) in [4.78, 5) is 10.6. The zero-order valence-electron chi connectivity index (χ0n) is 11.1. The first-order valence-corrected chi connectivity index (χ1v) is 6.06. The maximum absolute atomic E-state index is 10.6. The van der Waals surface area contributed by atoms with Crippen molar-refractivity contribution in [1.29, 1.82) is 0 Å². The molecule has 0 aromatic rings. The molecule has 1 saturated heterocycles. The summed E-state index contributed by atoms with van der Waals surface area (Å²) < 4.78 is 0. The highest BCUT2D eigenvalue weighted by Gasteiger charge is 2.13. The Labute approximate surface area is 90.5 Å². The lowest BCUT2D eigenvalue weighted by atomic mass is 10.0. The molecule has 0 aliphatic carbocycles. The minimum absolute atomic E-state index is 0.212. The third kappa shape index (κ3) is 14.0. The van der Waals surface area contributed by atoms with Crippen LogP contribution in [-0.4, -0.2) is 12.5 Å². The largest absolute Gasteiger partial charge is 0.356 e. The molecule has 2 heteroatoms. The molecule has 14 heavy (non-hydrogen) atoms. The van der Waals surface area contributed by atoms with Crippen LogP contribution in [0.3, 0.4) is 0 Å². The summed E-state index contributed by atoms with van der Waals surface area (Å²) in [6.45, 7) is 15.0. The fraction of sp³-hybridized carbons (Fsp3) is 0.917. The Morgan fingerprint density at radius 1 is 1.07 bits per heavy atom. The number of piperidine rings is 1. The molecule has 0 radical (unpaired) electrons. The number of rotatable bonds is 0. The molecule has 1 unspecified atom stereocenters. The molecule has 0 saturated carbocycles. The normalized spacial score (nSPS) is 18.2. The van der Waals surface area contributed by atoms with Crippen molar-refractivity contribution < 1.29 is 4.79 Å². The Morgan fingerprint density at radius 3 is 1.71 bits per heavy atom. The van der Waals surface area contributed by atoms with Gasteiger partial charge < -0.3 is 5.32 Å². The van der Waals surface area contributed by atoms with E-state index < -0.39 is 0 Å². The summed E-state index contributed by atoms with van der Waals surface area (Å²) in [6, 6.07) is 0. The van der Waals surface area contributed by atoms with Crippen LogP contribution in [-0.2, 0) is 4.79 Å². The lowest BCUT2D eigenvalue weighted by molar-refractivity contribution is -0.123. The van der Waals surface area contributed by atoms with Crippen molar-refractivity contribution in [2.75, 3.05) is 6.54 Å². The van der Waals surface area contributed by atoms with Crippen molar-refractivity contribution in [1.82, 2.24) is 5.32 Å². The standard InChI is InChI=1S/C6H11NO.3C2H6/c1-5-2-3-7-6(8)4-5;3*1-2/h5H,2-4H2,1H3,(H,7,8);3*1-2H3. The van der Waals surface area contributed by atoms with E-state index in [0.29, 0.717) is 5.92 Å². The molecule has 1 atom stereocenters. The number of hydrogen-bond donors (Lipinski definition) is 1. The van der Waals surface area contributed by atoms with Gasteiger partial charge in [-0.15, -0.1) is 0 Å². The Bertz CT molecular complexity index is 102. The molecule has 1 N–H and O–H groups in total. The van der Waals surface area contributed by atoms with Gasteiger partial charge in [0.1, 0.15) is 0 Å². The third-order valence-electron chi connectivity index (χ3n) is 1.49. The Morgan fingerprint density at radius 2 is 1.50 bits per heavy atom. The first kappa shape index (κ1) is 19.1. The van der Waals surface area contributed by atoms with Crippen LogP contribution >= 0.6 is 0 Å². The number of carbonyl (C=O) groups excluding carboxylic acids is 1. The van der Waals surface area contributed by atoms with Crippen molar-refractivity contribution in [3.63, 3.8) is 0 Å². The predicted octanol–water partition coefficient (Wildman–Crippen LogP) is 3.61. The van der Waals surface area contributed by atoms with E-state index in [2.05, 4.69) is 12.2 Å². The molecule has 1 rings (SSSR count). The van der Waals surface area contributed by atoms with Gasteiger partial charge >= 0.3 is 0 Å². The van der Waals surface area contributed by atoms with Crippen LogP contribution in [0.15, 0.2) is 0 Å². The van der Waals surface area contributed by atoms with E-state index in [1.54, 1.807) is 0 Å². The van der Waals surface area contributed by atoms with Crippen molar-refractivity contribution in [3.05, 3.63) is 0 Å². The van der Waals surface area contributed by atoms with Crippen molar-refractivity contribution in [3.8, 4) is 0 Å². The third-order valence-corrected chi connectivity index (χ3v) is 1.49. The van der Waals surface area contributed by atoms with E-state index >= 15 is 0 Å². The second-order valence-electron chi connectivity index (χ2n) is 2.45. The fourth-order valence-electron chi connectivity index (χ4n) is 0.949. The molecule has 0 aromatic carbocycles. The van der Waals surface area contributed by atoms with Crippen LogP contribution in [0, 0.1) is 5.92 Å². The van der Waals surface area contributed by atoms with E-state index in [9.17, 15) is 4.79 Å². The lowest BCUT2D eigenvalue weighted by Gasteiger charge is -2.16. The Balaban J connectivity index is -0.000000174. The molecule has 1 aliphatic rings. The molecule has 2 nitrogen and oxygen atoms in total. The molecule has 0 bridgehead atoms. The molecule has 1 aliphatic heterocycles. The lowest BCUT2D eigenvalue weighted by Crippen LogP contribution is -2.32. The molecular formula is C12H29NO. The van der Waals surface area contributed by atoms with Crippen LogP contribution in [0.25, 0.3) is 0 Å². The summed E-state index contributed by atoms with van der Waals surface area (Å²) in [5.74, 6) is 0.812. The van der Waals surface area contributed by atoms with Gasteiger partial charge in [0.2, 0.25) is 5.91 Å². The van der Waals surface area contributed by atoms with E-state index in [4.69, 9.17) is 0 Å². The predicted molar refractivity (Wildman–Crippen MR) is 65.5 cm³/mol. The van der Waals surface area contributed by atoms with Gasteiger partial charge in [-0.25, -0.2) is 0 Å². The van der Waals surface area contributed by atoms with E-state index in [-0.39, 0.29) is 5.91 Å². The molecule has 1 heterocycles. The number of carbonyl (C=O) groups is 1. The highest BCUT2D eigenvalue weighted by atomic mass is 16.1. The highest BCUT2D eigenvalue weighted by Crippen LogP contribution is 2.09. The minimum atomic E-state index is 0.212. The summed E-state index contributed by atoms with van der Waals surface area (Å²) in [5, 5.41) is 2.77. The monoisotopic (exact) mass is 203 g/mol. The smallest absolute Gasteiger partial charge is 0.220 e. The van der Waals surface area contributed by atoms with Crippen LogP contribution in [0.4, 0.5) is 0 Å². The molecule has 88 valence electrons. The molecule has 0 spiro atoms. The van der Waals surface area contributed by atoms with Crippen LogP contribution in [0.1, 0.15) is 61.3 Å². The fourth-order valence-corrected chi connectivity index (χ4v) is 0.949. The van der Waals surface area contributed by atoms with Gasteiger partial charge in [-0.3, -0.25) is 4.79 Å². The molecule has 1 fully saturated rings. The number of amides is 1. The van der Waals surface area contributed by atoms with Gasteiger partial charge in [-0.2, -0.15) is 0 Å². The van der Waals surface area contributed by atoms with E-state index in [0.717, 1.165) is 19.4 Å². The maximum Gasteiger partial charge on any atom is 0.220 e. The second-order valence-corrected chi connectivity index (χ2v) is 2.45. The zero-order valence-corrected chi connectivity index (χ0v) is 11.1. The van der Waals surface area contributed by atoms with Crippen molar-refractivity contribution >= 4 is 5.91 Å². The highest BCUT2D eigenvalue weighted by molar-refractivity contribution is 5.76. The van der Waals surface area contributed by atoms with Gasteiger partial charge in [0.05, 0.1) is 0 Å². The average molecular weight is 203 g/mol. The Kier molecular flexibility index (Phi) is 25.0. The van der Waals surface area contributed by atoms with Crippen LogP contribution in [0.2, 0.25) is 0 Å². The molecule has 0 aromatic heterocycles. The molecular weight excluding hydrogens is 174 g/mol. The summed E-state index contributed by atoms with van der Waals surface area (Å²) in [6.07, 6.45) is 1.87. The minimum Gasteiger partial charge on any atom is -0.356 e. The van der Waals surface area contributed by atoms with Crippen molar-refractivity contribution in [2.45, 2.75) is 61.3 Å². The summed E-state index contributed by atoms with van der Waals surface area (Å²) in [5.41, 5.74) is 0. The second kappa shape index (κ2) is 18.3. The van der Waals surface area contributed by atoms with Gasteiger partial charge in [-0.05, 0) is 12.3 Å². The van der Waals surface area contributed by atoms with E-state index in [1.165, 1.54) is 0 Å². The van der Waals surface area contributed by atoms with E-state index in [1.807, 2.05) is 41.5 Å². The number of nitrogens with one attached hydrogen (secondary N) is 1. The van der Waals surface area contributed by atoms with Gasteiger partial charge in [0.25, 0.3) is 0 Å². The van der Waals surface area contributed by atoms with Crippen molar-refractivity contribution in [2.24, 2.45) is 5.92 Å². The Hall–Kier alpha value is -0.530. The van der Waals surface area contributed by atoms with Gasteiger partial charge in [0.15, 0.2) is 0 Å². The topological polar surface area (TPSA) is 29.1 Å². The first-order valence-electron chi connectivity index (χ1n) is 6.06. The van der Waals surface area contributed by atoms with Gasteiger partial charge in [0, 0.05) is 13.0 Å². The summed E-state index contributed by atoms with van der Waals surface area (Å²) in [7, 11) is 0. The van der Waals surface area contributed by atoms with Crippen LogP contribution < -0.4 is 5.32 Å². The van der Waals surface area contributed by atoms with Crippen LogP contribution in [0.5, 0.6) is 0 Å². The maximum atomic E-state index is 10.6. The zero-order chi connectivity index (χ0) is 12.0. The first-order chi connectivity index (χ1) is 6.79. The quantitative estimate of drug-likeness (QED) is 0.640. The molecule has 1 amide bonds. The number of hydrogen-bond acceptors (Lipinski definition) is 1. The SMILES string of the molecule is CC.CC.CC.CC1CCNC(=O)C1. The van der Waals surface area contributed by atoms with Gasteiger partial charge in [-0.1, -0.05) is 48.5 Å².